The minimum absolute atomic E-state index is 1.09. The van der Waals surface area contributed by atoms with Gasteiger partial charge in [-0.15, -0.1) is 0 Å². The zero-order chi connectivity index (χ0) is 43.6. The second-order valence-electron chi connectivity index (χ2n) is 17.3. The molecule has 0 aliphatic rings. The van der Waals surface area contributed by atoms with Crippen molar-refractivity contribution in [2.75, 3.05) is 4.90 Å². The Morgan fingerprint density at radius 3 is 1.62 bits per heavy atom. The van der Waals surface area contributed by atoms with Crippen LogP contribution in [0, 0.1) is 0 Å². The molecule has 12 aromatic carbocycles. The van der Waals surface area contributed by atoms with Crippen LogP contribution < -0.4 is 4.90 Å². The summed E-state index contributed by atoms with van der Waals surface area (Å²) >= 11 is 0. The van der Waals surface area contributed by atoms with Gasteiger partial charge < -0.3 is 9.47 Å². The number of fused-ring (bicyclic) bond motifs is 9. The topological polar surface area (TPSA) is 8.17 Å². The molecule has 0 fully saturated rings. The molecule has 0 aliphatic heterocycles. The molecule has 308 valence electrons. The van der Waals surface area contributed by atoms with Crippen LogP contribution >= 0.6 is 0 Å². The fraction of sp³-hybridized carbons (Fsp3) is 0. The SMILES string of the molecule is c1ccc(-n2c3ccccc3c3c(-c4cccc(N(c5ccc(-c6ccc(-c7cccc8ccccc78)cc6)cc5)c5ccc6c(ccc7ccccc76)c5)c4)cc4ccccc4c32)cc1. The van der Waals surface area contributed by atoms with Crippen LogP contribution in [0.15, 0.2) is 255 Å². The molecule has 0 radical (unpaired) electrons. The fourth-order valence-corrected chi connectivity index (χ4v) is 10.4. The quantitative estimate of drug-likeness (QED) is 0.145. The molecule has 66 heavy (non-hydrogen) atoms. The second-order valence-corrected chi connectivity index (χ2v) is 17.3. The monoisotopic (exact) mass is 838 g/mol. The van der Waals surface area contributed by atoms with Gasteiger partial charge in [-0.3, -0.25) is 0 Å². The lowest BCUT2D eigenvalue weighted by atomic mass is 9.94. The van der Waals surface area contributed by atoms with E-state index >= 15 is 0 Å². The molecule has 1 aromatic heterocycles. The van der Waals surface area contributed by atoms with E-state index in [0.29, 0.717) is 0 Å². The Morgan fingerprint density at radius 1 is 0.273 bits per heavy atom. The molecule has 0 saturated heterocycles. The molecule has 0 saturated carbocycles. The van der Waals surface area contributed by atoms with Gasteiger partial charge in [0.15, 0.2) is 0 Å². The van der Waals surface area contributed by atoms with E-state index in [4.69, 9.17) is 0 Å². The van der Waals surface area contributed by atoms with Crippen molar-refractivity contribution < 1.29 is 0 Å². The summed E-state index contributed by atoms with van der Waals surface area (Å²) < 4.78 is 2.45. The number of nitrogens with zero attached hydrogens (tertiary/aromatic N) is 2. The summed E-state index contributed by atoms with van der Waals surface area (Å²) in [6.07, 6.45) is 0. The molecule has 13 aromatic rings. The summed E-state index contributed by atoms with van der Waals surface area (Å²) in [6.45, 7) is 0. The van der Waals surface area contributed by atoms with Crippen LogP contribution in [0.25, 0.3) is 104 Å². The highest BCUT2D eigenvalue weighted by molar-refractivity contribution is 6.24. The molecule has 0 bridgehead atoms. The van der Waals surface area contributed by atoms with E-state index in [-0.39, 0.29) is 0 Å². The molecule has 0 atom stereocenters. The predicted molar refractivity (Wildman–Crippen MR) is 282 cm³/mol. The highest BCUT2D eigenvalue weighted by atomic mass is 15.1. The summed E-state index contributed by atoms with van der Waals surface area (Å²) in [5, 5.41) is 12.4. The Balaban J connectivity index is 0.964. The van der Waals surface area contributed by atoms with E-state index in [1.54, 1.807) is 0 Å². The number of hydrogen-bond acceptors (Lipinski definition) is 1. The summed E-state index contributed by atoms with van der Waals surface area (Å²) in [6, 6.07) is 93.3. The minimum atomic E-state index is 1.09. The van der Waals surface area contributed by atoms with Crippen molar-refractivity contribution in [1.82, 2.24) is 4.57 Å². The normalized spacial score (nSPS) is 11.6. The van der Waals surface area contributed by atoms with Gasteiger partial charge >= 0.3 is 0 Å². The number of anilines is 3. The van der Waals surface area contributed by atoms with Crippen molar-refractivity contribution in [1.29, 1.82) is 0 Å². The molecule has 13 rings (SSSR count). The van der Waals surface area contributed by atoms with Crippen LogP contribution in [-0.4, -0.2) is 4.57 Å². The Hall–Kier alpha value is -8.72. The molecule has 0 aliphatic carbocycles. The van der Waals surface area contributed by atoms with E-state index in [0.717, 1.165) is 22.7 Å². The van der Waals surface area contributed by atoms with E-state index in [9.17, 15) is 0 Å². The average Bonchev–Trinajstić information content (AvgIpc) is 3.74. The van der Waals surface area contributed by atoms with Crippen molar-refractivity contribution in [2.45, 2.75) is 0 Å². The lowest BCUT2D eigenvalue weighted by molar-refractivity contribution is 1.19. The number of rotatable bonds is 7. The Bertz CT molecular complexity index is 3970. The van der Waals surface area contributed by atoms with Gasteiger partial charge in [0.2, 0.25) is 0 Å². The Labute approximate surface area is 383 Å². The number of benzene rings is 12. The van der Waals surface area contributed by atoms with E-state index in [1.165, 1.54) is 98.3 Å². The van der Waals surface area contributed by atoms with Crippen LogP contribution in [0.3, 0.4) is 0 Å². The average molecular weight is 839 g/mol. The molecule has 2 heteroatoms. The smallest absolute Gasteiger partial charge is 0.0625 e. The third-order valence-electron chi connectivity index (χ3n) is 13.5. The summed E-state index contributed by atoms with van der Waals surface area (Å²) in [5.74, 6) is 0. The Morgan fingerprint density at radius 2 is 0.818 bits per heavy atom. The third-order valence-corrected chi connectivity index (χ3v) is 13.5. The summed E-state index contributed by atoms with van der Waals surface area (Å²) in [5.41, 5.74) is 14.1. The Kier molecular flexibility index (Phi) is 8.89. The molecule has 1 heterocycles. The van der Waals surface area contributed by atoms with E-state index < -0.39 is 0 Å². The predicted octanol–water partition coefficient (Wildman–Crippen LogP) is 17.9. The summed E-state index contributed by atoms with van der Waals surface area (Å²) in [7, 11) is 0. The fourth-order valence-electron chi connectivity index (χ4n) is 10.4. The van der Waals surface area contributed by atoms with Gasteiger partial charge in [-0.05, 0) is 132 Å². The van der Waals surface area contributed by atoms with Gasteiger partial charge in [-0.25, -0.2) is 0 Å². The van der Waals surface area contributed by atoms with Crippen molar-refractivity contribution in [2.24, 2.45) is 0 Å². The lowest BCUT2D eigenvalue weighted by Gasteiger charge is -2.27. The lowest BCUT2D eigenvalue weighted by Crippen LogP contribution is -2.10. The van der Waals surface area contributed by atoms with Gasteiger partial charge in [0.25, 0.3) is 0 Å². The second kappa shape index (κ2) is 15.5. The molecular weight excluding hydrogens is 797 g/mol. The molecule has 0 amide bonds. The maximum Gasteiger partial charge on any atom is 0.0625 e. The minimum Gasteiger partial charge on any atom is -0.310 e. The van der Waals surface area contributed by atoms with Crippen molar-refractivity contribution in [3.8, 4) is 39.1 Å². The molecule has 0 unspecified atom stereocenters. The largest absolute Gasteiger partial charge is 0.310 e. The van der Waals surface area contributed by atoms with Gasteiger partial charge in [0.1, 0.15) is 0 Å². The highest BCUT2D eigenvalue weighted by Crippen LogP contribution is 2.45. The molecule has 2 nitrogen and oxygen atoms in total. The highest BCUT2D eigenvalue weighted by Gasteiger charge is 2.21. The van der Waals surface area contributed by atoms with Crippen molar-refractivity contribution in [3.63, 3.8) is 0 Å². The van der Waals surface area contributed by atoms with E-state index in [2.05, 4.69) is 264 Å². The van der Waals surface area contributed by atoms with Crippen LogP contribution in [0.5, 0.6) is 0 Å². The summed E-state index contributed by atoms with van der Waals surface area (Å²) in [4.78, 5) is 2.41. The van der Waals surface area contributed by atoms with Gasteiger partial charge in [-0.1, -0.05) is 194 Å². The molecular formula is C64H42N2. The van der Waals surface area contributed by atoms with Crippen molar-refractivity contribution in [3.05, 3.63) is 255 Å². The first kappa shape index (κ1) is 37.8. The van der Waals surface area contributed by atoms with Gasteiger partial charge in [-0.2, -0.15) is 0 Å². The van der Waals surface area contributed by atoms with Gasteiger partial charge in [0, 0.05) is 38.9 Å². The van der Waals surface area contributed by atoms with Crippen LogP contribution in [0.2, 0.25) is 0 Å². The number of aromatic nitrogens is 1. The van der Waals surface area contributed by atoms with Crippen LogP contribution in [-0.2, 0) is 0 Å². The first-order valence-corrected chi connectivity index (χ1v) is 22.7. The third kappa shape index (κ3) is 6.26. The van der Waals surface area contributed by atoms with Crippen molar-refractivity contribution >= 4 is 82.0 Å². The number of hydrogen-bond donors (Lipinski definition) is 0. The maximum atomic E-state index is 2.45. The first-order chi connectivity index (χ1) is 32.7. The van der Waals surface area contributed by atoms with Crippen LogP contribution in [0.1, 0.15) is 0 Å². The molecule has 0 spiro atoms. The zero-order valence-corrected chi connectivity index (χ0v) is 36.1. The maximum absolute atomic E-state index is 2.45. The van der Waals surface area contributed by atoms with Gasteiger partial charge in [0.05, 0.1) is 11.0 Å². The standard InChI is InChI=1S/C64H42N2/c1-2-19-51(20-3-1)66-62-27-11-10-25-60(62)63-61(42-49-16-6-9-24-59(49)64(63)66)48-18-12-21-53(40-48)65(54-38-39-58-50(41-54)33-32-46-15-5-8-23-56(46)58)52-36-34-44(35-37-52)43-28-30-47(31-29-43)57-26-13-17-45-14-4-7-22-55(45)57/h1-42H. The van der Waals surface area contributed by atoms with Crippen LogP contribution in [0.4, 0.5) is 17.1 Å². The zero-order valence-electron chi connectivity index (χ0n) is 36.1. The number of para-hydroxylation sites is 2. The first-order valence-electron chi connectivity index (χ1n) is 22.7. The van der Waals surface area contributed by atoms with E-state index in [1.807, 2.05) is 0 Å². The molecule has 0 N–H and O–H groups in total.